The fourth-order valence-electron chi connectivity index (χ4n) is 3.22. The van der Waals surface area contributed by atoms with Crippen LogP contribution < -0.4 is 0 Å². The lowest BCUT2D eigenvalue weighted by Gasteiger charge is -2.23. The fourth-order valence-corrected chi connectivity index (χ4v) is 4.01. The number of furan rings is 1. The van der Waals surface area contributed by atoms with Crippen LogP contribution in [0.25, 0.3) is 11.6 Å². The molecule has 0 bridgehead atoms. The number of thioether (sulfide) groups is 1. The van der Waals surface area contributed by atoms with Crippen LogP contribution in [0.3, 0.4) is 0 Å². The van der Waals surface area contributed by atoms with Crippen LogP contribution in [0.4, 0.5) is 0 Å². The van der Waals surface area contributed by atoms with Gasteiger partial charge in [-0.3, -0.25) is 14.2 Å². The van der Waals surface area contributed by atoms with Crippen molar-refractivity contribution in [2.24, 2.45) is 0 Å². The van der Waals surface area contributed by atoms with Crippen molar-refractivity contribution in [3.8, 4) is 11.6 Å². The largest absolute Gasteiger partial charge is 0.461 e. The molecule has 8 nitrogen and oxygen atoms in total. The number of ether oxygens (including phenoxy) is 1. The molecule has 0 aliphatic carbocycles. The number of hydrogen-bond donors (Lipinski definition) is 0. The highest BCUT2D eigenvalue weighted by Gasteiger charge is 2.25. The molecule has 1 aliphatic heterocycles. The number of esters is 1. The predicted molar refractivity (Wildman–Crippen MR) is 105 cm³/mol. The minimum atomic E-state index is -0.770. The van der Waals surface area contributed by atoms with Crippen molar-refractivity contribution in [3.05, 3.63) is 18.4 Å². The van der Waals surface area contributed by atoms with Gasteiger partial charge in [-0.1, -0.05) is 24.6 Å². The zero-order valence-electron chi connectivity index (χ0n) is 16.3. The Morgan fingerprint density at radius 2 is 2.00 bits per heavy atom. The van der Waals surface area contributed by atoms with Crippen molar-refractivity contribution in [2.75, 3.05) is 18.8 Å². The zero-order chi connectivity index (χ0) is 19.9. The number of carbonyl (C=O) groups is 2. The Morgan fingerprint density at radius 3 is 2.64 bits per heavy atom. The van der Waals surface area contributed by atoms with Crippen molar-refractivity contribution in [1.82, 2.24) is 19.7 Å². The minimum Gasteiger partial charge on any atom is -0.461 e. The SMILES string of the molecule is CCn1c(SCC(=O)O[C@@H](C)C(=O)N2CCCCCC2)nnc1-c1ccco1. The first-order valence-electron chi connectivity index (χ1n) is 9.68. The quantitative estimate of drug-likeness (QED) is 0.516. The Kier molecular flexibility index (Phi) is 7.13. The molecule has 3 heterocycles. The number of hydrogen-bond acceptors (Lipinski definition) is 7. The van der Waals surface area contributed by atoms with Crippen molar-refractivity contribution in [3.63, 3.8) is 0 Å². The molecule has 0 saturated carbocycles. The van der Waals surface area contributed by atoms with Gasteiger partial charge in [0.2, 0.25) is 0 Å². The molecule has 1 amide bonds. The summed E-state index contributed by atoms with van der Waals surface area (Å²) in [6, 6.07) is 3.60. The standard InChI is InChI=1S/C19H26N4O4S/c1-3-23-17(15-9-8-12-26-15)20-21-19(23)28-13-16(24)27-14(2)18(25)22-10-6-4-5-7-11-22/h8-9,12,14H,3-7,10-11,13H2,1-2H3/t14-/m0/s1. The highest BCUT2D eigenvalue weighted by molar-refractivity contribution is 7.99. The van der Waals surface area contributed by atoms with E-state index in [1.54, 1.807) is 24.2 Å². The average Bonchev–Trinajstić information content (AvgIpc) is 3.28. The molecule has 3 rings (SSSR count). The summed E-state index contributed by atoms with van der Waals surface area (Å²) < 4.78 is 12.6. The summed E-state index contributed by atoms with van der Waals surface area (Å²) in [5.41, 5.74) is 0. The molecule has 0 radical (unpaired) electrons. The van der Waals surface area contributed by atoms with Crippen molar-refractivity contribution in [1.29, 1.82) is 0 Å². The third kappa shape index (κ3) is 4.95. The van der Waals surface area contributed by atoms with Crippen LogP contribution in [0.2, 0.25) is 0 Å². The average molecular weight is 407 g/mol. The topological polar surface area (TPSA) is 90.5 Å². The maximum Gasteiger partial charge on any atom is 0.317 e. The van der Waals surface area contributed by atoms with Crippen LogP contribution >= 0.6 is 11.8 Å². The van der Waals surface area contributed by atoms with E-state index in [0.717, 1.165) is 38.8 Å². The fraction of sp³-hybridized carbons (Fsp3) is 0.579. The van der Waals surface area contributed by atoms with Gasteiger partial charge in [0.05, 0.1) is 12.0 Å². The number of likely N-dealkylation sites (tertiary alicyclic amines) is 1. The van der Waals surface area contributed by atoms with Crippen LogP contribution in [-0.2, 0) is 20.9 Å². The summed E-state index contributed by atoms with van der Waals surface area (Å²) in [6.45, 7) is 5.74. The van der Waals surface area contributed by atoms with Gasteiger partial charge in [0.1, 0.15) is 0 Å². The summed E-state index contributed by atoms with van der Waals surface area (Å²) in [6.07, 6.45) is 5.12. The molecule has 1 aliphatic rings. The van der Waals surface area contributed by atoms with Crippen LogP contribution in [0, 0.1) is 0 Å². The minimum absolute atomic E-state index is 0.0634. The van der Waals surface area contributed by atoms with Crippen LogP contribution in [-0.4, -0.2) is 56.5 Å². The molecule has 0 unspecified atom stereocenters. The maximum atomic E-state index is 12.5. The lowest BCUT2D eigenvalue weighted by molar-refractivity contribution is -0.157. The van der Waals surface area contributed by atoms with Gasteiger partial charge < -0.3 is 14.1 Å². The van der Waals surface area contributed by atoms with Crippen LogP contribution in [0.5, 0.6) is 0 Å². The lowest BCUT2D eigenvalue weighted by atomic mass is 10.2. The summed E-state index contributed by atoms with van der Waals surface area (Å²) in [5.74, 6) is 0.755. The Morgan fingerprint density at radius 1 is 1.25 bits per heavy atom. The second kappa shape index (κ2) is 9.77. The van der Waals surface area contributed by atoms with Crippen molar-refractivity contribution < 1.29 is 18.7 Å². The van der Waals surface area contributed by atoms with E-state index in [2.05, 4.69) is 10.2 Å². The molecule has 28 heavy (non-hydrogen) atoms. The molecule has 152 valence electrons. The van der Waals surface area contributed by atoms with E-state index in [4.69, 9.17) is 9.15 Å². The summed E-state index contributed by atoms with van der Waals surface area (Å²) in [4.78, 5) is 26.5. The second-order valence-electron chi connectivity index (χ2n) is 6.69. The van der Waals surface area contributed by atoms with Gasteiger partial charge >= 0.3 is 5.97 Å². The molecule has 0 aromatic carbocycles. The molecule has 2 aromatic heterocycles. The number of nitrogens with zero attached hydrogens (tertiary/aromatic N) is 4. The Hall–Kier alpha value is -2.29. The van der Waals surface area contributed by atoms with Crippen molar-refractivity contribution in [2.45, 2.75) is 57.3 Å². The highest BCUT2D eigenvalue weighted by Crippen LogP contribution is 2.24. The third-order valence-corrected chi connectivity index (χ3v) is 5.61. The summed E-state index contributed by atoms with van der Waals surface area (Å²) in [7, 11) is 0. The molecular weight excluding hydrogens is 380 g/mol. The van der Waals surface area contributed by atoms with E-state index in [1.807, 2.05) is 17.6 Å². The van der Waals surface area contributed by atoms with Gasteiger partial charge in [0.25, 0.3) is 5.91 Å². The van der Waals surface area contributed by atoms with E-state index >= 15 is 0 Å². The maximum absolute atomic E-state index is 12.5. The molecule has 1 fully saturated rings. The van der Waals surface area contributed by atoms with E-state index in [1.165, 1.54) is 11.8 Å². The molecule has 2 aromatic rings. The lowest BCUT2D eigenvalue weighted by Crippen LogP contribution is -2.40. The predicted octanol–water partition coefficient (Wildman–Crippen LogP) is 2.98. The van der Waals surface area contributed by atoms with Gasteiger partial charge in [-0.2, -0.15) is 0 Å². The smallest absolute Gasteiger partial charge is 0.317 e. The van der Waals surface area contributed by atoms with Gasteiger partial charge in [0, 0.05) is 19.6 Å². The molecule has 0 N–H and O–H groups in total. The second-order valence-corrected chi connectivity index (χ2v) is 7.63. The molecule has 0 spiro atoms. The van der Waals surface area contributed by atoms with E-state index in [9.17, 15) is 9.59 Å². The first kappa shape index (κ1) is 20.4. The van der Waals surface area contributed by atoms with Gasteiger partial charge in [-0.05, 0) is 38.8 Å². The van der Waals surface area contributed by atoms with Gasteiger partial charge in [0.15, 0.2) is 22.8 Å². The zero-order valence-corrected chi connectivity index (χ0v) is 17.1. The normalized spacial score (nSPS) is 15.9. The Labute approximate surface area is 168 Å². The monoisotopic (exact) mass is 406 g/mol. The Bertz CT molecular complexity index is 782. The van der Waals surface area contributed by atoms with Gasteiger partial charge in [-0.25, -0.2) is 0 Å². The van der Waals surface area contributed by atoms with E-state index in [0.29, 0.717) is 23.3 Å². The van der Waals surface area contributed by atoms with E-state index < -0.39 is 12.1 Å². The molecule has 9 heteroatoms. The molecule has 1 atom stereocenters. The first-order valence-corrected chi connectivity index (χ1v) is 10.7. The van der Waals surface area contributed by atoms with Crippen molar-refractivity contribution >= 4 is 23.6 Å². The van der Waals surface area contributed by atoms with E-state index in [-0.39, 0.29) is 11.7 Å². The number of rotatable bonds is 7. The summed E-state index contributed by atoms with van der Waals surface area (Å²) in [5, 5.41) is 8.91. The third-order valence-electron chi connectivity index (χ3n) is 4.67. The summed E-state index contributed by atoms with van der Waals surface area (Å²) >= 11 is 1.24. The van der Waals surface area contributed by atoms with Gasteiger partial charge in [-0.15, -0.1) is 10.2 Å². The Balaban J connectivity index is 1.53. The molecular formula is C19H26N4O4S. The first-order chi connectivity index (χ1) is 13.6. The molecule has 1 saturated heterocycles. The number of amides is 1. The number of aromatic nitrogens is 3. The highest BCUT2D eigenvalue weighted by atomic mass is 32.2. The van der Waals surface area contributed by atoms with Crippen LogP contribution in [0.1, 0.15) is 39.5 Å². The van der Waals surface area contributed by atoms with Crippen LogP contribution in [0.15, 0.2) is 28.0 Å². The number of carbonyl (C=O) groups excluding carboxylic acids is 2.